The molecule has 2 rings (SSSR count). The van der Waals surface area contributed by atoms with Gasteiger partial charge in [-0.25, -0.2) is 0 Å². The van der Waals surface area contributed by atoms with Crippen molar-refractivity contribution in [3.05, 3.63) is 74.8 Å². The van der Waals surface area contributed by atoms with Crippen molar-refractivity contribution < 1.29 is 9.72 Å². The molecule has 1 unspecified atom stereocenters. The fourth-order valence-electron chi connectivity index (χ4n) is 2.32. The maximum atomic E-state index is 12.6. The summed E-state index contributed by atoms with van der Waals surface area (Å²) in [4.78, 5) is 24.9. The standard InChI is InChI=1S/C17H18ClN3O3/c1-20(2)11-16(12-6-4-3-5-7-12)19-17(22)14-10-13(21(23)24)8-9-15(14)18/h3-10,16H,11H2,1-2H3,(H,19,22). The highest BCUT2D eigenvalue weighted by Gasteiger charge is 2.20. The molecule has 1 N–H and O–H groups in total. The first-order valence-corrected chi connectivity index (χ1v) is 7.70. The molecule has 0 saturated carbocycles. The molecule has 0 saturated heterocycles. The average molecular weight is 348 g/mol. The molecular weight excluding hydrogens is 330 g/mol. The van der Waals surface area contributed by atoms with Crippen molar-refractivity contribution in [2.75, 3.05) is 20.6 Å². The van der Waals surface area contributed by atoms with Crippen LogP contribution in [0.1, 0.15) is 22.0 Å². The van der Waals surface area contributed by atoms with Gasteiger partial charge < -0.3 is 10.2 Å². The van der Waals surface area contributed by atoms with Crippen molar-refractivity contribution >= 4 is 23.2 Å². The molecule has 0 aliphatic rings. The maximum absolute atomic E-state index is 12.6. The summed E-state index contributed by atoms with van der Waals surface area (Å²) in [5, 5.41) is 14.0. The average Bonchev–Trinajstić information content (AvgIpc) is 2.54. The molecule has 2 aromatic carbocycles. The van der Waals surface area contributed by atoms with Crippen LogP contribution in [0.2, 0.25) is 5.02 Å². The minimum atomic E-state index is -0.554. The van der Waals surface area contributed by atoms with Gasteiger partial charge in [0.25, 0.3) is 11.6 Å². The van der Waals surface area contributed by atoms with Crippen molar-refractivity contribution in [2.24, 2.45) is 0 Å². The van der Waals surface area contributed by atoms with E-state index in [-0.39, 0.29) is 22.3 Å². The van der Waals surface area contributed by atoms with Gasteiger partial charge >= 0.3 is 0 Å². The van der Waals surface area contributed by atoms with E-state index >= 15 is 0 Å². The monoisotopic (exact) mass is 347 g/mol. The third-order valence-electron chi connectivity index (χ3n) is 3.46. The number of non-ortho nitro benzene ring substituents is 1. The molecule has 0 spiro atoms. The van der Waals surface area contributed by atoms with Gasteiger partial charge in [0.05, 0.1) is 21.6 Å². The lowest BCUT2D eigenvalue weighted by Crippen LogP contribution is -2.35. The Balaban J connectivity index is 2.28. The van der Waals surface area contributed by atoms with E-state index in [1.165, 1.54) is 18.2 Å². The van der Waals surface area contributed by atoms with Gasteiger partial charge in [-0.05, 0) is 25.7 Å². The largest absolute Gasteiger partial charge is 0.344 e. The summed E-state index contributed by atoms with van der Waals surface area (Å²) in [6.07, 6.45) is 0. The zero-order valence-corrected chi connectivity index (χ0v) is 14.2. The molecule has 1 atom stereocenters. The first-order chi connectivity index (χ1) is 11.4. The van der Waals surface area contributed by atoms with E-state index in [1.54, 1.807) is 0 Å². The summed E-state index contributed by atoms with van der Waals surface area (Å²) in [6, 6.07) is 13.1. The van der Waals surface area contributed by atoms with Gasteiger partial charge in [-0.15, -0.1) is 0 Å². The van der Waals surface area contributed by atoms with Gasteiger partial charge in [-0.1, -0.05) is 41.9 Å². The highest BCUT2D eigenvalue weighted by Crippen LogP contribution is 2.23. The van der Waals surface area contributed by atoms with Crippen LogP contribution in [0, 0.1) is 10.1 Å². The van der Waals surface area contributed by atoms with E-state index in [0.29, 0.717) is 6.54 Å². The van der Waals surface area contributed by atoms with E-state index in [0.717, 1.165) is 5.56 Å². The summed E-state index contributed by atoms with van der Waals surface area (Å²) < 4.78 is 0. The topological polar surface area (TPSA) is 75.5 Å². The molecule has 126 valence electrons. The molecule has 0 radical (unpaired) electrons. The molecule has 0 aliphatic heterocycles. The molecule has 0 fully saturated rings. The number of benzene rings is 2. The Morgan fingerprint density at radius 2 is 1.92 bits per heavy atom. The van der Waals surface area contributed by atoms with Crippen LogP contribution in [0.25, 0.3) is 0 Å². The van der Waals surface area contributed by atoms with Gasteiger partial charge in [-0.3, -0.25) is 14.9 Å². The molecule has 0 heterocycles. The summed E-state index contributed by atoms with van der Waals surface area (Å²) in [5.41, 5.74) is 0.861. The third kappa shape index (κ3) is 4.53. The van der Waals surface area contributed by atoms with Gasteiger partial charge in [0.15, 0.2) is 0 Å². The van der Waals surface area contributed by atoms with E-state index in [9.17, 15) is 14.9 Å². The highest BCUT2D eigenvalue weighted by molar-refractivity contribution is 6.33. The van der Waals surface area contributed by atoms with Crippen LogP contribution in [-0.4, -0.2) is 36.4 Å². The van der Waals surface area contributed by atoms with Crippen LogP contribution in [-0.2, 0) is 0 Å². The Morgan fingerprint density at radius 3 is 2.50 bits per heavy atom. The van der Waals surface area contributed by atoms with Crippen molar-refractivity contribution in [1.82, 2.24) is 10.2 Å². The summed E-state index contributed by atoms with van der Waals surface area (Å²) >= 11 is 6.04. The van der Waals surface area contributed by atoms with Crippen LogP contribution in [0.15, 0.2) is 48.5 Å². The highest BCUT2D eigenvalue weighted by atomic mass is 35.5. The Kier molecular flexibility index (Phi) is 5.89. The lowest BCUT2D eigenvalue weighted by Gasteiger charge is -2.23. The number of nitro groups is 1. The number of halogens is 1. The Hall–Kier alpha value is -2.44. The lowest BCUT2D eigenvalue weighted by atomic mass is 10.1. The summed E-state index contributed by atoms with van der Waals surface area (Å²) in [5.74, 6) is -0.445. The van der Waals surface area contributed by atoms with Crippen LogP contribution < -0.4 is 5.32 Å². The quantitative estimate of drug-likeness (QED) is 0.642. The van der Waals surface area contributed by atoms with E-state index in [2.05, 4.69) is 5.32 Å². The van der Waals surface area contributed by atoms with E-state index in [1.807, 2.05) is 49.3 Å². The number of nitro benzene ring substituents is 1. The zero-order valence-electron chi connectivity index (χ0n) is 13.4. The van der Waals surface area contributed by atoms with Crippen LogP contribution >= 0.6 is 11.6 Å². The Labute approximate surface area is 145 Å². The number of hydrogen-bond donors (Lipinski definition) is 1. The normalized spacial score (nSPS) is 12.0. The number of amides is 1. The molecule has 24 heavy (non-hydrogen) atoms. The zero-order chi connectivity index (χ0) is 17.7. The first kappa shape index (κ1) is 17.9. The number of carbonyl (C=O) groups is 1. The predicted octanol–water partition coefficient (Wildman–Crippen LogP) is 3.28. The van der Waals surface area contributed by atoms with Crippen molar-refractivity contribution in [2.45, 2.75) is 6.04 Å². The number of nitrogens with one attached hydrogen (secondary N) is 1. The SMILES string of the molecule is CN(C)CC(NC(=O)c1cc([N+](=O)[O-])ccc1Cl)c1ccccc1. The van der Waals surface area contributed by atoms with Crippen LogP contribution in [0.5, 0.6) is 0 Å². The van der Waals surface area contributed by atoms with Gasteiger partial charge in [0.1, 0.15) is 0 Å². The number of rotatable bonds is 6. The molecule has 0 aromatic heterocycles. The summed E-state index contributed by atoms with van der Waals surface area (Å²) in [7, 11) is 3.81. The second-order valence-corrected chi connectivity index (χ2v) is 6.03. The van der Waals surface area contributed by atoms with Crippen LogP contribution in [0.3, 0.4) is 0 Å². The third-order valence-corrected chi connectivity index (χ3v) is 3.79. The molecule has 0 bridgehead atoms. The Bertz CT molecular complexity index is 735. The van der Waals surface area contributed by atoms with Crippen molar-refractivity contribution in [3.63, 3.8) is 0 Å². The number of hydrogen-bond acceptors (Lipinski definition) is 4. The fraction of sp³-hybridized carbons (Fsp3) is 0.235. The molecule has 6 nitrogen and oxygen atoms in total. The molecule has 0 aliphatic carbocycles. The fourth-order valence-corrected chi connectivity index (χ4v) is 2.53. The molecule has 7 heteroatoms. The molecule has 2 aromatic rings. The second kappa shape index (κ2) is 7.90. The minimum Gasteiger partial charge on any atom is -0.344 e. The first-order valence-electron chi connectivity index (χ1n) is 7.33. The number of nitrogens with zero attached hydrogens (tertiary/aromatic N) is 2. The van der Waals surface area contributed by atoms with E-state index in [4.69, 9.17) is 11.6 Å². The molecular formula is C17H18ClN3O3. The maximum Gasteiger partial charge on any atom is 0.270 e. The predicted molar refractivity (Wildman–Crippen MR) is 93.3 cm³/mol. The smallest absolute Gasteiger partial charge is 0.270 e. The second-order valence-electron chi connectivity index (χ2n) is 5.62. The molecule has 1 amide bonds. The minimum absolute atomic E-state index is 0.0885. The summed E-state index contributed by atoms with van der Waals surface area (Å²) in [6.45, 7) is 0.586. The van der Waals surface area contributed by atoms with Gasteiger partial charge in [-0.2, -0.15) is 0 Å². The Morgan fingerprint density at radius 1 is 1.25 bits per heavy atom. The van der Waals surface area contributed by atoms with E-state index < -0.39 is 10.8 Å². The lowest BCUT2D eigenvalue weighted by molar-refractivity contribution is -0.384. The van der Waals surface area contributed by atoms with Gasteiger partial charge in [0.2, 0.25) is 0 Å². The van der Waals surface area contributed by atoms with Crippen molar-refractivity contribution in [1.29, 1.82) is 0 Å². The van der Waals surface area contributed by atoms with Crippen molar-refractivity contribution in [3.8, 4) is 0 Å². The number of likely N-dealkylation sites (N-methyl/N-ethyl adjacent to an activating group) is 1. The van der Waals surface area contributed by atoms with Crippen LogP contribution in [0.4, 0.5) is 5.69 Å². The number of carbonyl (C=O) groups excluding carboxylic acids is 1. The van der Waals surface area contributed by atoms with Gasteiger partial charge in [0, 0.05) is 18.7 Å².